The van der Waals surface area contributed by atoms with Crippen LogP contribution in [0.5, 0.6) is 0 Å². The fraction of sp³-hybridized carbons (Fsp3) is 0.857. The number of rotatable bonds is 1. The molecule has 11 heavy (non-hydrogen) atoms. The van der Waals surface area contributed by atoms with Crippen molar-refractivity contribution in [1.82, 2.24) is 10.2 Å². The van der Waals surface area contributed by atoms with E-state index in [9.17, 15) is 4.79 Å². The Morgan fingerprint density at radius 2 is 2.45 bits per heavy atom. The number of carbonyl (C=O) groups excluding carboxylic acids is 1. The molecule has 2 rings (SSSR count). The Morgan fingerprint density at radius 3 is 3.09 bits per heavy atom. The zero-order valence-electron chi connectivity index (χ0n) is 6.42. The molecule has 0 saturated carbocycles. The Labute approximate surface area is 65.7 Å². The highest BCUT2D eigenvalue weighted by Gasteiger charge is 2.42. The van der Waals surface area contributed by atoms with Crippen molar-refractivity contribution >= 4 is 5.91 Å². The Balaban J connectivity index is 1.96. The average Bonchev–Trinajstić information content (AvgIpc) is 1.90. The first kappa shape index (κ1) is 7.06. The van der Waals surface area contributed by atoms with Crippen molar-refractivity contribution in [2.24, 2.45) is 11.7 Å². The zero-order valence-corrected chi connectivity index (χ0v) is 6.42. The molecule has 2 saturated heterocycles. The van der Waals surface area contributed by atoms with Crippen LogP contribution in [-0.2, 0) is 4.79 Å². The van der Waals surface area contributed by atoms with E-state index in [2.05, 4.69) is 10.2 Å². The number of nitrogens with two attached hydrogens (primary N) is 1. The van der Waals surface area contributed by atoms with Crippen LogP contribution in [0.1, 0.15) is 0 Å². The van der Waals surface area contributed by atoms with Gasteiger partial charge in [0, 0.05) is 32.2 Å². The molecule has 0 aliphatic carbocycles. The van der Waals surface area contributed by atoms with E-state index < -0.39 is 0 Å². The summed E-state index contributed by atoms with van der Waals surface area (Å²) >= 11 is 0. The summed E-state index contributed by atoms with van der Waals surface area (Å²) in [5.41, 5.74) is 5.21. The predicted octanol–water partition coefficient (Wildman–Crippen LogP) is -1.62. The Hall–Kier alpha value is -0.610. The molecule has 2 heterocycles. The van der Waals surface area contributed by atoms with E-state index in [4.69, 9.17) is 5.73 Å². The van der Waals surface area contributed by atoms with Gasteiger partial charge >= 0.3 is 0 Å². The number of amides is 1. The molecule has 2 unspecified atom stereocenters. The largest absolute Gasteiger partial charge is 0.369 e. The number of nitrogens with one attached hydrogen (secondary N) is 1. The Morgan fingerprint density at radius 1 is 1.64 bits per heavy atom. The highest BCUT2D eigenvalue weighted by Crippen LogP contribution is 2.24. The van der Waals surface area contributed by atoms with Crippen molar-refractivity contribution < 1.29 is 4.79 Å². The zero-order chi connectivity index (χ0) is 7.84. The fourth-order valence-electron chi connectivity index (χ4n) is 1.91. The van der Waals surface area contributed by atoms with Crippen molar-refractivity contribution in [2.45, 2.75) is 6.04 Å². The lowest BCUT2D eigenvalue weighted by Gasteiger charge is -2.49. The monoisotopic (exact) mass is 155 g/mol. The number of hydrogen-bond acceptors (Lipinski definition) is 3. The second-order valence-electron chi connectivity index (χ2n) is 3.28. The molecule has 0 aromatic rings. The second-order valence-corrected chi connectivity index (χ2v) is 3.28. The summed E-state index contributed by atoms with van der Waals surface area (Å²) in [4.78, 5) is 13.1. The van der Waals surface area contributed by atoms with Gasteiger partial charge in [0.1, 0.15) is 0 Å². The summed E-state index contributed by atoms with van der Waals surface area (Å²) in [5.74, 6) is -0.0438. The molecule has 62 valence electrons. The highest BCUT2D eigenvalue weighted by atomic mass is 16.1. The van der Waals surface area contributed by atoms with Crippen LogP contribution in [0.3, 0.4) is 0 Å². The molecule has 1 amide bonds. The van der Waals surface area contributed by atoms with Crippen LogP contribution >= 0.6 is 0 Å². The van der Waals surface area contributed by atoms with E-state index in [-0.39, 0.29) is 11.8 Å². The van der Waals surface area contributed by atoms with Crippen molar-refractivity contribution in [3.8, 4) is 0 Å². The molecule has 3 N–H and O–H groups in total. The molecule has 4 nitrogen and oxygen atoms in total. The number of primary amides is 1. The average molecular weight is 155 g/mol. The first-order valence-electron chi connectivity index (χ1n) is 4.03. The Bertz CT molecular complexity index is 183. The molecule has 0 bridgehead atoms. The van der Waals surface area contributed by atoms with Crippen molar-refractivity contribution in [3.63, 3.8) is 0 Å². The molecule has 0 radical (unpaired) electrons. The first-order chi connectivity index (χ1) is 5.29. The van der Waals surface area contributed by atoms with E-state index in [1.54, 1.807) is 0 Å². The standard InChI is InChI=1S/C7H13N3O/c8-7(11)5-4-10-2-1-9-3-6(5)10/h5-6,9H,1-4H2,(H2,8,11). The third kappa shape index (κ3) is 1.02. The molecule has 4 heteroatoms. The smallest absolute Gasteiger partial charge is 0.223 e. The van der Waals surface area contributed by atoms with Crippen LogP contribution in [0.4, 0.5) is 0 Å². The molecule has 2 aliphatic heterocycles. The van der Waals surface area contributed by atoms with Gasteiger partial charge in [-0.2, -0.15) is 0 Å². The van der Waals surface area contributed by atoms with Gasteiger partial charge in [-0.1, -0.05) is 0 Å². The lowest BCUT2D eigenvalue weighted by molar-refractivity contribution is -0.132. The first-order valence-corrected chi connectivity index (χ1v) is 4.03. The molecule has 2 atom stereocenters. The van der Waals surface area contributed by atoms with Gasteiger partial charge in [-0.15, -0.1) is 0 Å². The number of hydrogen-bond donors (Lipinski definition) is 2. The molecule has 0 aromatic heterocycles. The molecule has 0 spiro atoms. The lowest BCUT2D eigenvalue weighted by atomic mass is 9.86. The van der Waals surface area contributed by atoms with E-state index in [1.165, 1.54) is 0 Å². The summed E-state index contributed by atoms with van der Waals surface area (Å²) in [6.45, 7) is 3.91. The maximum Gasteiger partial charge on any atom is 0.223 e. The minimum Gasteiger partial charge on any atom is -0.369 e. The van der Waals surface area contributed by atoms with Gasteiger partial charge < -0.3 is 11.1 Å². The third-order valence-electron chi connectivity index (χ3n) is 2.66. The normalized spacial score (nSPS) is 37.5. The minimum absolute atomic E-state index is 0.0998. The maximum atomic E-state index is 10.8. The number of carbonyl (C=O) groups is 1. The van der Waals surface area contributed by atoms with E-state index in [0.29, 0.717) is 6.04 Å². The summed E-state index contributed by atoms with van der Waals surface area (Å²) in [6, 6.07) is 0.390. The van der Waals surface area contributed by atoms with Gasteiger partial charge in [-0.25, -0.2) is 0 Å². The van der Waals surface area contributed by atoms with Crippen molar-refractivity contribution in [3.05, 3.63) is 0 Å². The van der Waals surface area contributed by atoms with Gasteiger partial charge in [0.2, 0.25) is 5.91 Å². The Kier molecular flexibility index (Phi) is 1.58. The lowest BCUT2D eigenvalue weighted by Crippen LogP contribution is -2.67. The van der Waals surface area contributed by atoms with Gasteiger partial charge in [0.05, 0.1) is 5.92 Å². The molecular weight excluding hydrogens is 142 g/mol. The fourth-order valence-corrected chi connectivity index (χ4v) is 1.91. The molecule has 2 aliphatic rings. The third-order valence-corrected chi connectivity index (χ3v) is 2.66. The van der Waals surface area contributed by atoms with Crippen LogP contribution in [0.25, 0.3) is 0 Å². The van der Waals surface area contributed by atoms with Gasteiger partial charge in [0.15, 0.2) is 0 Å². The van der Waals surface area contributed by atoms with Crippen molar-refractivity contribution in [2.75, 3.05) is 26.2 Å². The quantitative estimate of drug-likeness (QED) is 0.478. The van der Waals surface area contributed by atoms with Crippen LogP contribution in [0.15, 0.2) is 0 Å². The summed E-state index contributed by atoms with van der Waals surface area (Å²) in [7, 11) is 0. The number of nitrogens with zero attached hydrogens (tertiary/aromatic N) is 1. The molecule has 2 fully saturated rings. The van der Waals surface area contributed by atoms with Gasteiger partial charge in [-0.3, -0.25) is 9.69 Å². The number of piperazine rings is 1. The maximum absolute atomic E-state index is 10.8. The second kappa shape index (κ2) is 2.46. The topological polar surface area (TPSA) is 58.4 Å². The molecular formula is C7H13N3O. The SMILES string of the molecule is NC(=O)C1CN2CCNCC12. The summed E-state index contributed by atoms with van der Waals surface area (Å²) in [5, 5.41) is 3.25. The van der Waals surface area contributed by atoms with Crippen LogP contribution < -0.4 is 11.1 Å². The van der Waals surface area contributed by atoms with Crippen LogP contribution in [0, 0.1) is 5.92 Å². The van der Waals surface area contributed by atoms with E-state index in [1.807, 2.05) is 0 Å². The van der Waals surface area contributed by atoms with E-state index >= 15 is 0 Å². The van der Waals surface area contributed by atoms with Gasteiger partial charge in [-0.05, 0) is 0 Å². The van der Waals surface area contributed by atoms with E-state index in [0.717, 1.165) is 26.2 Å². The predicted molar refractivity (Wildman–Crippen MR) is 40.9 cm³/mol. The highest BCUT2D eigenvalue weighted by molar-refractivity contribution is 5.78. The molecule has 0 aromatic carbocycles. The number of fused-ring (bicyclic) bond motifs is 1. The van der Waals surface area contributed by atoms with Crippen LogP contribution in [0.2, 0.25) is 0 Å². The summed E-state index contributed by atoms with van der Waals surface area (Å²) in [6.07, 6.45) is 0. The minimum atomic E-state index is -0.144. The van der Waals surface area contributed by atoms with Gasteiger partial charge in [0.25, 0.3) is 0 Å². The summed E-state index contributed by atoms with van der Waals surface area (Å²) < 4.78 is 0. The van der Waals surface area contributed by atoms with Crippen molar-refractivity contribution in [1.29, 1.82) is 0 Å². The van der Waals surface area contributed by atoms with Crippen LogP contribution in [-0.4, -0.2) is 43.0 Å².